The van der Waals surface area contributed by atoms with E-state index in [0.29, 0.717) is 14.9 Å². The molecule has 0 spiro atoms. The molecule has 0 atom stereocenters. The lowest BCUT2D eigenvalue weighted by molar-refractivity contribution is 1.45. The third-order valence-corrected chi connectivity index (χ3v) is 2.57. The van der Waals surface area contributed by atoms with Crippen molar-refractivity contribution in [2.24, 2.45) is 5.73 Å². The summed E-state index contributed by atoms with van der Waals surface area (Å²) < 4.78 is 0. The molecular weight excluding hydrogens is 215 g/mol. The summed E-state index contributed by atoms with van der Waals surface area (Å²) in [5.41, 5.74) is 5.19. The predicted molar refractivity (Wildman–Crippen MR) is 54.2 cm³/mol. The van der Waals surface area contributed by atoms with E-state index in [0.717, 1.165) is 11.8 Å². The first-order valence-corrected chi connectivity index (χ1v) is 4.64. The van der Waals surface area contributed by atoms with Gasteiger partial charge in [-0.25, -0.2) is 0 Å². The highest BCUT2D eigenvalue weighted by Crippen LogP contribution is 2.29. The molecule has 0 amide bonds. The number of benzene rings is 1. The van der Waals surface area contributed by atoms with Gasteiger partial charge >= 0.3 is 0 Å². The van der Waals surface area contributed by atoms with Crippen LogP contribution in [-0.4, -0.2) is 5.17 Å². The number of amidine groups is 1. The van der Waals surface area contributed by atoms with Gasteiger partial charge in [-0.05, 0) is 18.2 Å². The van der Waals surface area contributed by atoms with Crippen molar-refractivity contribution in [2.45, 2.75) is 4.90 Å². The molecule has 0 heterocycles. The fourth-order valence-electron chi connectivity index (χ4n) is 0.674. The molecule has 0 unspecified atom stereocenters. The Morgan fingerprint density at radius 3 is 2.67 bits per heavy atom. The Kier molecular flexibility index (Phi) is 3.26. The molecule has 1 aromatic carbocycles. The van der Waals surface area contributed by atoms with Crippen molar-refractivity contribution >= 4 is 40.1 Å². The molecule has 0 aliphatic heterocycles. The molecule has 1 aromatic rings. The molecule has 0 saturated heterocycles. The van der Waals surface area contributed by atoms with Crippen molar-refractivity contribution < 1.29 is 0 Å². The Morgan fingerprint density at radius 2 is 2.08 bits per heavy atom. The van der Waals surface area contributed by atoms with Crippen molar-refractivity contribution in [3.8, 4) is 0 Å². The molecule has 5 heteroatoms. The van der Waals surface area contributed by atoms with E-state index in [1.807, 2.05) is 0 Å². The minimum absolute atomic E-state index is 0.000772. The van der Waals surface area contributed by atoms with Crippen LogP contribution < -0.4 is 5.73 Å². The first kappa shape index (κ1) is 9.71. The maximum Gasteiger partial charge on any atom is 0.156 e. The van der Waals surface area contributed by atoms with Crippen molar-refractivity contribution in [2.75, 3.05) is 0 Å². The van der Waals surface area contributed by atoms with Crippen LogP contribution in [-0.2, 0) is 0 Å². The van der Waals surface area contributed by atoms with Crippen LogP contribution in [0.5, 0.6) is 0 Å². The number of hydrogen-bond donors (Lipinski definition) is 2. The second kappa shape index (κ2) is 4.03. The molecule has 0 aliphatic rings. The van der Waals surface area contributed by atoms with Crippen LogP contribution in [0.3, 0.4) is 0 Å². The number of nitrogens with two attached hydrogens (primary N) is 1. The third kappa shape index (κ3) is 2.59. The first-order chi connectivity index (χ1) is 5.59. The Labute approximate surface area is 84.6 Å². The molecular formula is C7H6Cl2N2S. The Hall–Kier alpha value is -0.380. The Morgan fingerprint density at radius 1 is 1.42 bits per heavy atom. The molecule has 3 N–H and O–H groups in total. The smallest absolute Gasteiger partial charge is 0.156 e. The van der Waals surface area contributed by atoms with Crippen molar-refractivity contribution in [1.82, 2.24) is 0 Å². The number of nitrogens with one attached hydrogen (secondary N) is 1. The van der Waals surface area contributed by atoms with Crippen molar-refractivity contribution in [3.63, 3.8) is 0 Å². The summed E-state index contributed by atoms with van der Waals surface area (Å²) in [4.78, 5) is 0.705. The maximum absolute atomic E-state index is 7.04. The van der Waals surface area contributed by atoms with Crippen molar-refractivity contribution in [1.29, 1.82) is 5.41 Å². The standard InChI is InChI=1S/C7H6Cl2N2S/c8-4-1-2-5(9)6(3-4)12-7(10)11/h1-3H,(H3,10,11). The summed E-state index contributed by atoms with van der Waals surface area (Å²) in [5.74, 6) is 0. The number of rotatable bonds is 1. The lowest BCUT2D eigenvalue weighted by Crippen LogP contribution is -2.02. The van der Waals surface area contributed by atoms with Crippen LogP contribution in [0, 0.1) is 5.41 Å². The Balaban J connectivity index is 2.97. The molecule has 0 aromatic heterocycles. The van der Waals surface area contributed by atoms with E-state index in [4.69, 9.17) is 34.3 Å². The summed E-state index contributed by atoms with van der Waals surface area (Å²) >= 11 is 12.6. The zero-order chi connectivity index (χ0) is 9.14. The number of thioether (sulfide) groups is 1. The maximum atomic E-state index is 7.04. The van der Waals surface area contributed by atoms with Gasteiger partial charge in [-0.15, -0.1) is 0 Å². The van der Waals surface area contributed by atoms with E-state index in [-0.39, 0.29) is 5.17 Å². The quantitative estimate of drug-likeness (QED) is 0.435. The van der Waals surface area contributed by atoms with Crippen LogP contribution >= 0.6 is 35.0 Å². The lowest BCUT2D eigenvalue weighted by Gasteiger charge is -2.01. The minimum Gasteiger partial charge on any atom is -0.378 e. The van der Waals surface area contributed by atoms with E-state index in [2.05, 4.69) is 0 Å². The summed E-state index contributed by atoms with van der Waals surface area (Å²) in [6.45, 7) is 0. The molecule has 0 saturated carbocycles. The van der Waals surface area contributed by atoms with E-state index < -0.39 is 0 Å². The van der Waals surface area contributed by atoms with Gasteiger partial charge < -0.3 is 5.73 Å². The van der Waals surface area contributed by atoms with Gasteiger partial charge in [-0.3, -0.25) is 5.41 Å². The minimum atomic E-state index is -0.000772. The molecule has 1 rings (SSSR count). The third-order valence-electron chi connectivity index (χ3n) is 1.11. The molecule has 0 radical (unpaired) electrons. The monoisotopic (exact) mass is 220 g/mol. The van der Waals surface area contributed by atoms with Crippen LogP contribution in [0.25, 0.3) is 0 Å². The normalized spacial score (nSPS) is 9.83. The largest absolute Gasteiger partial charge is 0.378 e. The fraction of sp³-hybridized carbons (Fsp3) is 0. The van der Waals surface area contributed by atoms with E-state index in [1.54, 1.807) is 18.2 Å². The molecule has 64 valence electrons. The molecule has 0 fully saturated rings. The predicted octanol–water partition coefficient (Wildman–Crippen LogP) is 2.98. The molecule has 12 heavy (non-hydrogen) atoms. The second-order valence-corrected chi connectivity index (χ2v) is 3.97. The SMILES string of the molecule is N=C(N)Sc1cc(Cl)ccc1Cl. The van der Waals surface area contributed by atoms with Gasteiger partial charge in [0.25, 0.3) is 0 Å². The zero-order valence-electron chi connectivity index (χ0n) is 5.97. The molecule has 0 aliphatic carbocycles. The van der Waals surface area contributed by atoms with Gasteiger partial charge in [0.2, 0.25) is 0 Å². The second-order valence-electron chi connectivity index (χ2n) is 2.04. The van der Waals surface area contributed by atoms with Crippen molar-refractivity contribution in [3.05, 3.63) is 28.2 Å². The van der Waals surface area contributed by atoms with Crippen LogP contribution in [0.15, 0.2) is 23.1 Å². The van der Waals surface area contributed by atoms with Gasteiger partial charge in [-0.1, -0.05) is 35.0 Å². The van der Waals surface area contributed by atoms with Crippen LogP contribution in [0.4, 0.5) is 0 Å². The molecule has 2 nitrogen and oxygen atoms in total. The van der Waals surface area contributed by atoms with Crippen LogP contribution in [0.1, 0.15) is 0 Å². The highest BCUT2D eigenvalue weighted by molar-refractivity contribution is 8.13. The first-order valence-electron chi connectivity index (χ1n) is 3.06. The summed E-state index contributed by atoms with van der Waals surface area (Å²) in [6, 6.07) is 5.04. The highest BCUT2D eigenvalue weighted by atomic mass is 35.5. The molecule has 0 bridgehead atoms. The number of halogens is 2. The average molecular weight is 221 g/mol. The van der Waals surface area contributed by atoms with Crippen LogP contribution in [0.2, 0.25) is 10.0 Å². The average Bonchev–Trinajstić information content (AvgIpc) is 1.96. The summed E-state index contributed by atoms with van der Waals surface area (Å²) in [5, 5.41) is 8.18. The highest BCUT2D eigenvalue weighted by Gasteiger charge is 2.02. The van der Waals surface area contributed by atoms with E-state index >= 15 is 0 Å². The van der Waals surface area contributed by atoms with E-state index in [1.165, 1.54) is 0 Å². The van der Waals surface area contributed by atoms with Gasteiger partial charge in [0.1, 0.15) is 0 Å². The number of hydrogen-bond acceptors (Lipinski definition) is 2. The lowest BCUT2D eigenvalue weighted by atomic mass is 10.4. The van der Waals surface area contributed by atoms with Gasteiger partial charge in [0, 0.05) is 9.92 Å². The van der Waals surface area contributed by atoms with Gasteiger partial charge in [0.15, 0.2) is 5.17 Å². The van der Waals surface area contributed by atoms with Gasteiger partial charge in [0.05, 0.1) is 5.02 Å². The van der Waals surface area contributed by atoms with Gasteiger partial charge in [-0.2, -0.15) is 0 Å². The Bertz CT molecular complexity index is 314. The fourth-order valence-corrected chi connectivity index (χ4v) is 1.73. The summed E-state index contributed by atoms with van der Waals surface area (Å²) in [7, 11) is 0. The zero-order valence-corrected chi connectivity index (χ0v) is 8.30. The topological polar surface area (TPSA) is 49.9 Å². The van der Waals surface area contributed by atoms with E-state index in [9.17, 15) is 0 Å². The summed E-state index contributed by atoms with van der Waals surface area (Å²) in [6.07, 6.45) is 0.